The van der Waals surface area contributed by atoms with E-state index in [0.29, 0.717) is 30.5 Å². The zero-order chi connectivity index (χ0) is 18.7. The van der Waals surface area contributed by atoms with Gasteiger partial charge in [-0.3, -0.25) is 4.79 Å². The van der Waals surface area contributed by atoms with E-state index in [4.69, 9.17) is 4.74 Å². The molecule has 1 unspecified atom stereocenters. The smallest absolute Gasteiger partial charge is 0.374 e. The molecule has 4 aliphatic rings. The third-order valence-electron chi connectivity index (χ3n) is 8.61. The van der Waals surface area contributed by atoms with Crippen LogP contribution in [0.4, 0.5) is 8.78 Å². The number of ether oxygens (including phenoxy) is 1. The van der Waals surface area contributed by atoms with Gasteiger partial charge in [-0.15, -0.1) is 0 Å². The fraction of sp³-hybridized carbons (Fsp3) is 0.905. The zero-order valence-electron chi connectivity index (χ0n) is 15.8. The van der Waals surface area contributed by atoms with E-state index in [9.17, 15) is 18.4 Å². The second kappa shape index (κ2) is 6.27. The number of ketones is 1. The summed E-state index contributed by atoms with van der Waals surface area (Å²) in [5.74, 6) is 0.240. The predicted octanol–water partition coefficient (Wildman–Crippen LogP) is 4.78. The number of hydrogen-bond acceptors (Lipinski definition) is 3. The third-order valence-corrected chi connectivity index (χ3v) is 8.61. The van der Waals surface area contributed by atoms with Gasteiger partial charge in [0.2, 0.25) is 0 Å². The molecule has 3 nitrogen and oxygen atoms in total. The molecule has 4 saturated carbocycles. The molecule has 0 aromatic heterocycles. The number of fused-ring (bicyclic) bond motifs is 5. The van der Waals surface area contributed by atoms with Crippen LogP contribution in [0.2, 0.25) is 0 Å². The fourth-order valence-corrected chi connectivity index (χ4v) is 7.49. The standard InChI is InChI=1S/C21H30F2O3/c1-20-10-7-13-12(5-6-14-15(24)4-3-9-21(13,14)2)17(20)16(8-11-20)26-19(25)18(22)23/h12-14,16-18H,3-11H2,1-2H3/t12-,13+,14+,16?,17-,20-,21-/m1/s1. The number of alkyl halides is 2. The summed E-state index contributed by atoms with van der Waals surface area (Å²) in [6, 6.07) is 0. The van der Waals surface area contributed by atoms with Crippen LogP contribution < -0.4 is 0 Å². The second-order valence-electron chi connectivity index (χ2n) is 9.76. The summed E-state index contributed by atoms with van der Waals surface area (Å²) in [5, 5.41) is 0. The molecule has 0 aromatic carbocycles. The molecule has 0 heterocycles. The third kappa shape index (κ3) is 2.63. The van der Waals surface area contributed by atoms with Crippen molar-refractivity contribution in [1.29, 1.82) is 0 Å². The molecule has 146 valence electrons. The summed E-state index contributed by atoms with van der Waals surface area (Å²) in [6.07, 6.45) is 5.05. The maximum Gasteiger partial charge on any atom is 0.374 e. The summed E-state index contributed by atoms with van der Waals surface area (Å²) >= 11 is 0. The number of hydrogen-bond donors (Lipinski definition) is 0. The maximum atomic E-state index is 12.7. The summed E-state index contributed by atoms with van der Waals surface area (Å²) in [7, 11) is 0. The Morgan fingerprint density at radius 3 is 2.58 bits per heavy atom. The Balaban J connectivity index is 1.62. The van der Waals surface area contributed by atoms with Gasteiger partial charge in [0.15, 0.2) is 0 Å². The van der Waals surface area contributed by atoms with E-state index in [0.717, 1.165) is 44.9 Å². The van der Waals surface area contributed by atoms with Gasteiger partial charge in [0, 0.05) is 18.3 Å². The van der Waals surface area contributed by atoms with Crippen molar-refractivity contribution in [1.82, 2.24) is 0 Å². The highest BCUT2D eigenvalue weighted by Gasteiger charge is 2.61. The highest BCUT2D eigenvalue weighted by Crippen LogP contribution is 2.66. The molecule has 4 rings (SSSR count). The average Bonchev–Trinajstić information content (AvgIpc) is 2.91. The topological polar surface area (TPSA) is 43.4 Å². The highest BCUT2D eigenvalue weighted by molar-refractivity contribution is 5.82. The van der Waals surface area contributed by atoms with Gasteiger partial charge in [-0.25, -0.2) is 4.79 Å². The first-order chi connectivity index (χ1) is 12.3. The van der Waals surface area contributed by atoms with Crippen LogP contribution in [0, 0.1) is 34.5 Å². The molecule has 0 radical (unpaired) electrons. The van der Waals surface area contributed by atoms with Gasteiger partial charge in [0.05, 0.1) is 0 Å². The van der Waals surface area contributed by atoms with Crippen LogP contribution in [0.5, 0.6) is 0 Å². The molecule has 0 amide bonds. The van der Waals surface area contributed by atoms with Crippen molar-refractivity contribution >= 4 is 11.8 Å². The lowest BCUT2D eigenvalue weighted by molar-refractivity contribution is -0.174. The molecule has 0 aliphatic heterocycles. The summed E-state index contributed by atoms with van der Waals surface area (Å²) in [6.45, 7) is 4.55. The molecule has 26 heavy (non-hydrogen) atoms. The molecular formula is C21H30F2O3. The molecule has 7 atom stereocenters. The number of carbonyl (C=O) groups excluding carboxylic acids is 2. The molecule has 0 aromatic rings. The quantitative estimate of drug-likeness (QED) is 0.659. The lowest BCUT2D eigenvalue weighted by Gasteiger charge is -2.59. The lowest BCUT2D eigenvalue weighted by atomic mass is 9.45. The van der Waals surface area contributed by atoms with Crippen molar-refractivity contribution in [2.24, 2.45) is 34.5 Å². The zero-order valence-corrected chi connectivity index (χ0v) is 15.8. The lowest BCUT2D eigenvalue weighted by Crippen LogP contribution is -2.55. The second-order valence-corrected chi connectivity index (χ2v) is 9.76. The van der Waals surface area contributed by atoms with Crippen molar-refractivity contribution in [2.75, 3.05) is 0 Å². The summed E-state index contributed by atoms with van der Waals surface area (Å²) in [5.41, 5.74) is 0.121. The first-order valence-electron chi connectivity index (χ1n) is 10.3. The van der Waals surface area contributed by atoms with E-state index in [1.54, 1.807) is 0 Å². The minimum Gasteiger partial charge on any atom is -0.458 e. The number of Topliss-reactive ketones (excluding diaryl/α,β-unsaturated/α-hetero) is 1. The Kier molecular flexibility index (Phi) is 4.43. The predicted molar refractivity (Wildman–Crippen MR) is 92.6 cm³/mol. The van der Waals surface area contributed by atoms with Gasteiger partial charge in [0.1, 0.15) is 11.9 Å². The number of halogens is 2. The van der Waals surface area contributed by atoms with Gasteiger partial charge < -0.3 is 4.74 Å². The molecule has 0 spiro atoms. The average molecular weight is 368 g/mol. The van der Waals surface area contributed by atoms with Crippen molar-refractivity contribution in [2.45, 2.75) is 84.2 Å². The van der Waals surface area contributed by atoms with E-state index in [2.05, 4.69) is 13.8 Å². The van der Waals surface area contributed by atoms with Crippen molar-refractivity contribution in [3.05, 3.63) is 0 Å². The number of esters is 1. The van der Waals surface area contributed by atoms with Crippen molar-refractivity contribution in [3.63, 3.8) is 0 Å². The van der Waals surface area contributed by atoms with Gasteiger partial charge in [-0.05, 0) is 74.0 Å². The van der Waals surface area contributed by atoms with Crippen molar-refractivity contribution in [3.8, 4) is 0 Å². The molecular weight excluding hydrogens is 338 g/mol. The van der Waals surface area contributed by atoms with E-state index >= 15 is 0 Å². The van der Waals surface area contributed by atoms with Gasteiger partial charge in [-0.2, -0.15) is 8.78 Å². The van der Waals surface area contributed by atoms with Gasteiger partial charge in [0.25, 0.3) is 0 Å². The number of rotatable bonds is 2. The fourth-order valence-electron chi connectivity index (χ4n) is 7.49. The Labute approximate surface area is 154 Å². The Hall–Kier alpha value is -1.00. The van der Waals surface area contributed by atoms with Crippen LogP contribution in [-0.2, 0) is 14.3 Å². The summed E-state index contributed by atoms with van der Waals surface area (Å²) in [4.78, 5) is 24.1. The Bertz CT molecular complexity index is 606. The normalized spacial score (nSPS) is 47.9. The molecule has 0 bridgehead atoms. The van der Waals surface area contributed by atoms with Crippen LogP contribution in [0.25, 0.3) is 0 Å². The molecule has 4 fully saturated rings. The first kappa shape index (κ1) is 18.4. The Morgan fingerprint density at radius 2 is 1.85 bits per heavy atom. The van der Waals surface area contributed by atoms with Crippen LogP contribution in [-0.4, -0.2) is 24.3 Å². The van der Waals surface area contributed by atoms with E-state index < -0.39 is 12.4 Å². The molecule has 0 saturated heterocycles. The maximum absolute atomic E-state index is 12.7. The molecule has 5 heteroatoms. The van der Waals surface area contributed by atoms with Crippen LogP contribution >= 0.6 is 0 Å². The highest BCUT2D eigenvalue weighted by atomic mass is 19.3. The molecule has 0 N–H and O–H groups in total. The summed E-state index contributed by atoms with van der Waals surface area (Å²) < 4.78 is 30.8. The molecule has 4 aliphatic carbocycles. The van der Waals surface area contributed by atoms with E-state index in [1.807, 2.05) is 0 Å². The van der Waals surface area contributed by atoms with Crippen molar-refractivity contribution < 1.29 is 23.1 Å². The monoisotopic (exact) mass is 368 g/mol. The van der Waals surface area contributed by atoms with Crippen LogP contribution in [0.15, 0.2) is 0 Å². The van der Waals surface area contributed by atoms with Crippen LogP contribution in [0.3, 0.4) is 0 Å². The first-order valence-corrected chi connectivity index (χ1v) is 10.3. The Morgan fingerprint density at radius 1 is 1.12 bits per heavy atom. The minimum absolute atomic E-state index is 0.0411. The van der Waals surface area contributed by atoms with Crippen LogP contribution in [0.1, 0.15) is 71.6 Å². The minimum atomic E-state index is -3.05. The van der Waals surface area contributed by atoms with Gasteiger partial charge >= 0.3 is 12.4 Å². The number of carbonyl (C=O) groups is 2. The van der Waals surface area contributed by atoms with Gasteiger partial charge in [-0.1, -0.05) is 13.8 Å². The largest absolute Gasteiger partial charge is 0.458 e. The van der Waals surface area contributed by atoms with E-state index in [-0.39, 0.29) is 28.8 Å². The SMILES string of the molecule is C[C@@]12CCC(OC(=O)C(F)F)[C@H]1[C@@H]1CC[C@H]3C(=O)CCC[C@]3(C)[C@H]1CC2. The van der Waals surface area contributed by atoms with E-state index in [1.165, 1.54) is 0 Å².